The van der Waals surface area contributed by atoms with Gasteiger partial charge in [0, 0.05) is 26.5 Å². The number of nitrogens with zero attached hydrogens (tertiary/aromatic N) is 1. The standard InChI is InChI=1S/C56H45N/c1-54(2,3)37-28-26-36(27-29-37)40-16-10-15-25-53(40)57(38-30-32-45-41-17-6-11-21-47(41)55(4,5)51(45)34-38)39-31-33-46-44-20-9-14-24-50(44)56(52(46)35-39)48-22-12-7-18-42(48)43-19-8-13-23-49(43)56/h6-35H,1-5H3/i1D3. The second-order valence-electron chi connectivity index (χ2n) is 17.1. The van der Waals surface area contributed by atoms with Gasteiger partial charge in [0.15, 0.2) is 0 Å². The van der Waals surface area contributed by atoms with Gasteiger partial charge in [-0.3, -0.25) is 0 Å². The van der Waals surface area contributed by atoms with E-state index < -0.39 is 17.7 Å². The Morgan fingerprint density at radius 3 is 1.39 bits per heavy atom. The zero-order valence-electron chi connectivity index (χ0n) is 35.8. The molecule has 0 saturated heterocycles. The summed E-state index contributed by atoms with van der Waals surface area (Å²) in [6.07, 6.45) is 0. The molecule has 0 amide bonds. The molecule has 0 radical (unpaired) electrons. The maximum atomic E-state index is 8.26. The molecule has 1 spiro atoms. The molecular weight excluding hydrogens is 687 g/mol. The van der Waals surface area contributed by atoms with Crippen molar-refractivity contribution in [2.75, 3.05) is 4.90 Å². The minimum Gasteiger partial charge on any atom is -0.310 e. The number of rotatable bonds is 4. The molecule has 57 heavy (non-hydrogen) atoms. The van der Waals surface area contributed by atoms with Crippen LogP contribution in [0, 0.1) is 0 Å². The monoisotopic (exact) mass is 734 g/mol. The van der Waals surface area contributed by atoms with Gasteiger partial charge in [-0.1, -0.05) is 186 Å². The van der Waals surface area contributed by atoms with Crippen molar-refractivity contribution in [2.45, 2.75) is 50.8 Å². The first kappa shape index (κ1) is 30.7. The summed E-state index contributed by atoms with van der Waals surface area (Å²) in [5.41, 5.74) is 20.0. The molecule has 0 atom stereocenters. The van der Waals surface area contributed by atoms with Crippen molar-refractivity contribution in [3.05, 3.63) is 221 Å². The Morgan fingerprint density at radius 1 is 0.421 bits per heavy atom. The lowest BCUT2D eigenvalue weighted by molar-refractivity contribution is 0.590. The lowest BCUT2D eigenvalue weighted by Gasteiger charge is -2.33. The summed E-state index contributed by atoms with van der Waals surface area (Å²) in [5.74, 6) is 0. The van der Waals surface area contributed by atoms with Crippen molar-refractivity contribution in [2.24, 2.45) is 0 Å². The van der Waals surface area contributed by atoms with E-state index in [-0.39, 0.29) is 5.41 Å². The predicted molar refractivity (Wildman–Crippen MR) is 239 cm³/mol. The molecule has 274 valence electrons. The van der Waals surface area contributed by atoms with Crippen LogP contribution in [0.2, 0.25) is 0 Å². The molecule has 3 aliphatic rings. The Hall–Kier alpha value is -6.44. The molecule has 1 nitrogen and oxygen atoms in total. The highest BCUT2D eigenvalue weighted by Gasteiger charge is 2.51. The van der Waals surface area contributed by atoms with E-state index in [1.54, 1.807) is 13.8 Å². The molecule has 3 aliphatic carbocycles. The first-order valence-corrected chi connectivity index (χ1v) is 20.1. The minimum absolute atomic E-state index is 0.181. The molecule has 1 heteroatoms. The van der Waals surface area contributed by atoms with Gasteiger partial charge in [0.25, 0.3) is 0 Å². The van der Waals surface area contributed by atoms with E-state index in [1.165, 1.54) is 66.8 Å². The van der Waals surface area contributed by atoms with E-state index in [2.05, 4.69) is 189 Å². The van der Waals surface area contributed by atoms with E-state index in [1.807, 2.05) is 12.1 Å². The van der Waals surface area contributed by atoms with E-state index in [0.717, 1.165) is 33.8 Å². The second kappa shape index (κ2) is 12.0. The van der Waals surface area contributed by atoms with Gasteiger partial charge in [-0.2, -0.15) is 0 Å². The van der Waals surface area contributed by atoms with Crippen LogP contribution in [0.1, 0.15) is 77.6 Å². The lowest BCUT2D eigenvalue weighted by atomic mass is 9.70. The summed E-state index contributed by atoms with van der Waals surface area (Å²) in [7, 11) is 0. The van der Waals surface area contributed by atoms with Crippen molar-refractivity contribution >= 4 is 17.1 Å². The van der Waals surface area contributed by atoms with Crippen molar-refractivity contribution < 1.29 is 4.11 Å². The van der Waals surface area contributed by atoms with E-state index >= 15 is 0 Å². The fourth-order valence-corrected chi connectivity index (χ4v) is 10.5. The topological polar surface area (TPSA) is 3.24 Å². The van der Waals surface area contributed by atoms with Crippen molar-refractivity contribution in [3.63, 3.8) is 0 Å². The van der Waals surface area contributed by atoms with Crippen LogP contribution in [-0.2, 0) is 16.2 Å². The zero-order chi connectivity index (χ0) is 41.2. The third kappa shape index (κ3) is 4.69. The Labute approximate surface area is 341 Å². The Kier molecular flexibility index (Phi) is 6.49. The number of para-hydroxylation sites is 1. The third-order valence-electron chi connectivity index (χ3n) is 13.1. The number of anilines is 3. The van der Waals surface area contributed by atoms with Gasteiger partial charge in [0.2, 0.25) is 0 Å². The van der Waals surface area contributed by atoms with Crippen LogP contribution in [0.3, 0.4) is 0 Å². The van der Waals surface area contributed by atoms with Crippen LogP contribution in [0.25, 0.3) is 44.5 Å². The highest BCUT2D eigenvalue weighted by Crippen LogP contribution is 2.63. The Morgan fingerprint density at radius 2 is 0.842 bits per heavy atom. The molecule has 0 fully saturated rings. The average molecular weight is 735 g/mol. The minimum atomic E-state index is -2.13. The molecule has 11 rings (SSSR count). The van der Waals surface area contributed by atoms with Gasteiger partial charge < -0.3 is 4.90 Å². The van der Waals surface area contributed by atoms with Crippen molar-refractivity contribution in [3.8, 4) is 44.5 Å². The van der Waals surface area contributed by atoms with Gasteiger partial charge >= 0.3 is 0 Å². The average Bonchev–Trinajstić information content (AvgIpc) is 3.82. The fraction of sp³-hybridized carbons (Fsp3) is 0.143. The molecule has 0 unspecified atom stereocenters. The maximum Gasteiger partial charge on any atom is 0.0726 e. The molecule has 8 aromatic rings. The quantitative estimate of drug-likeness (QED) is 0.174. The molecule has 0 heterocycles. The Bertz CT molecular complexity index is 2980. The summed E-state index contributed by atoms with van der Waals surface area (Å²) in [6.45, 7) is 6.16. The van der Waals surface area contributed by atoms with Gasteiger partial charge in [0.05, 0.1) is 11.1 Å². The number of hydrogen-bond donors (Lipinski definition) is 0. The predicted octanol–water partition coefficient (Wildman–Crippen LogP) is 14.8. The zero-order valence-corrected chi connectivity index (χ0v) is 32.8. The number of fused-ring (bicyclic) bond motifs is 13. The largest absolute Gasteiger partial charge is 0.310 e. The van der Waals surface area contributed by atoms with Crippen molar-refractivity contribution in [1.82, 2.24) is 0 Å². The normalized spacial score (nSPS) is 15.7. The van der Waals surface area contributed by atoms with Crippen LogP contribution in [0.15, 0.2) is 182 Å². The van der Waals surface area contributed by atoms with Gasteiger partial charge in [-0.15, -0.1) is 0 Å². The molecule has 0 aromatic heterocycles. The molecule has 0 N–H and O–H groups in total. The van der Waals surface area contributed by atoms with Crippen LogP contribution < -0.4 is 4.90 Å². The number of hydrogen-bond acceptors (Lipinski definition) is 1. The van der Waals surface area contributed by atoms with E-state index in [4.69, 9.17) is 4.11 Å². The summed E-state index contributed by atoms with van der Waals surface area (Å²) in [4.78, 5) is 2.44. The number of benzene rings is 8. The highest BCUT2D eigenvalue weighted by atomic mass is 15.1. The lowest BCUT2D eigenvalue weighted by Crippen LogP contribution is -2.26. The van der Waals surface area contributed by atoms with Gasteiger partial charge in [0.1, 0.15) is 0 Å². The second-order valence-corrected chi connectivity index (χ2v) is 17.1. The summed E-state index contributed by atoms with van der Waals surface area (Å²) >= 11 is 0. The van der Waals surface area contributed by atoms with Crippen LogP contribution >= 0.6 is 0 Å². The Balaban J connectivity index is 1.16. The molecule has 8 aromatic carbocycles. The van der Waals surface area contributed by atoms with Crippen LogP contribution in [0.5, 0.6) is 0 Å². The molecule has 0 saturated carbocycles. The summed E-state index contributed by atoms with van der Waals surface area (Å²) < 4.78 is 24.8. The van der Waals surface area contributed by atoms with Crippen LogP contribution in [-0.4, -0.2) is 0 Å². The highest BCUT2D eigenvalue weighted by molar-refractivity contribution is 5.97. The maximum absolute atomic E-state index is 8.26. The smallest absolute Gasteiger partial charge is 0.0726 e. The first-order chi connectivity index (χ1) is 28.9. The van der Waals surface area contributed by atoms with E-state index in [0.29, 0.717) is 0 Å². The fourth-order valence-electron chi connectivity index (χ4n) is 10.5. The van der Waals surface area contributed by atoms with Gasteiger partial charge in [-0.25, -0.2) is 0 Å². The van der Waals surface area contributed by atoms with Gasteiger partial charge in [-0.05, 0) is 114 Å². The SMILES string of the molecule is [2H]C([2H])([2H])C(C)(C)c1ccc(-c2ccccc2N(c2ccc3c(c2)C(C)(C)c2ccccc2-3)c2ccc3c(c2)C2(c4ccccc4-c4ccccc42)c2ccccc2-3)cc1. The summed E-state index contributed by atoms with van der Waals surface area (Å²) in [5, 5.41) is 0. The third-order valence-corrected chi connectivity index (χ3v) is 13.1. The molecule has 0 aliphatic heterocycles. The summed E-state index contributed by atoms with van der Waals surface area (Å²) in [6, 6.07) is 66.6. The molecular formula is C56H45N. The van der Waals surface area contributed by atoms with E-state index in [9.17, 15) is 0 Å². The van der Waals surface area contributed by atoms with Crippen LogP contribution in [0.4, 0.5) is 17.1 Å². The first-order valence-electron chi connectivity index (χ1n) is 21.6. The molecule has 0 bridgehead atoms. The van der Waals surface area contributed by atoms with Crippen molar-refractivity contribution in [1.29, 1.82) is 0 Å².